The topological polar surface area (TPSA) is 125 Å². The molecule has 1 aromatic rings. The molecule has 11 heteroatoms. The fourth-order valence-electron chi connectivity index (χ4n) is 5.00. The van der Waals surface area contributed by atoms with E-state index in [4.69, 9.17) is 0 Å². The number of carbonyl (C=O) groups is 3. The highest BCUT2D eigenvalue weighted by Crippen LogP contribution is 2.29. The Labute approximate surface area is 273 Å². The summed E-state index contributed by atoms with van der Waals surface area (Å²) < 4.78 is 26.9. The van der Waals surface area contributed by atoms with Gasteiger partial charge in [-0.1, -0.05) is 106 Å². The Morgan fingerprint density at radius 1 is 1.02 bits per heavy atom. The van der Waals surface area contributed by atoms with E-state index in [1.807, 2.05) is 78.8 Å². The lowest BCUT2D eigenvalue weighted by Gasteiger charge is -2.39. The van der Waals surface area contributed by atoms with E-state index < -0.39 is 48.1 Å². The van der Waals surface area contributed by atoms with Crippen molar-refractivity contribution < 1.29 is 22.8 Å². The largest absolute Gasteiger partial charge is 0.342 e. The Hall–Kier alpha value is -1.99. The van der Waals surface area contributed by atoms with Gasteiger partial charge in [0.25, 0.3) is 5.91 Å². The number of hydrogen-bond donors (Lipinski definition) is 3. The molecule has 3 N–H and O–H groups in total. The van der Waals surface area contributed by atoms with Gasteiger partial charge in [0.2, 0.25) is 21.8 Å². The first-order valence-electron chi connectivity index (χ1n) is 14.9. The maximum absolute atomic E-state index is 14.0. The van der Waals surface area contributed by atoms with E-state index in [0.717, 1.165) is 18.4 Å². The van der Waals surface area contributed by atoms with Crippen LogP contribution in [0.1, 0.15) is 87.1 Å². The summed E-state index contributed by atoms with van der Waals surface area (Å²) in [6, 6.07) is 7.71. The summed E-state index contributed by atoms with van der Waals surface area (Å²) in [4.78, 5) is 42.2. The molecule has 1 aromatic carbocycles. The molecule has 0 fully saturated rings. The van der Waals surface area contributed by atoms with E-state index in [1.54, 1.807) is 34.0 Å². The number of benzene rings is 1. The van der Waals surface area contributed by atoms with Gasteiger partial charge in [-0.25, -0.2) is 13.1 Å². The van der Waals surface area contributed by atoms with Crippen molar-refractivity contribution in [3.63, 3.8) is 0 Å². The lowest BCUT2D eigenvalue weighted by molar-refractivity contribution is -0.138. The van der Waals surface area contributed by atoms with Gasteiger partial charge in [-0.2, -0.15) is 0 Å². The van der Waals surface area contributed by atoms with Crippen LogP contribution >= 0.6 is 22.6 Å². The van der Waals surface area contributed by atoms with Gasteiger partial charge < -0.3 is 15.5 Å². The molecule has 0 aliphatic heterocycles. The summed E-state index contributed by atoms with van der Waals surface area (Å²) in [5.74, 6) is -1.44. The molecule has 244 valence electrons. The summed E-state index contributed by atoms with van der Waals surface area (Å²) in [7, 11) is -0.464. The second-order valence-electron chi connectivity index (χ2n) is 12.8. The lowest BCUT2D eigenvalue weighted by Crippen LogP contribution is -2.62. The van der Waals surface area contributed by atoms with Crippen molar-refractivity contribution >= 4 is 50.3 Å². The Morgan fingerprint density at radius 2 is 1.58 bits per heavy atom. The van der Waals surface area contributed by atoms with Gasteiger partial charge in [0.15, 0.2) is 0 Å². The maximum atomic E-state index is 14.0. The minimum Gasteiger partial charge on any atom is -0.342 e. The number of halogens is 1. The van der Waals surface area contributed by atoms with Gasteiger partial charge >= 0.3 is 0 Å². The molecule has 1 unspecified atom stereocenters. The zero-order valence-corrected chi connectivity index (χ0v) is 30.7. The quantitative estimate of drug-likeness (QED) is 0.129. The van der Waals surface area contributed by atoms with Crippen molar-refractivity contribution in [2.45, 2.75) is 114 Å². The third kappa shape index (κ3) is 10.8. The van der Waals surface area contributed by atoms with E-state index in [1.165, 1.54) is 4.90 Å². The van der Waals surface area contributed by atoms with Crippen molar-refractivity contribution in [2.75, 3.05) is 14.1 Å². The van der Waals surface area contributed by atoms with Crippen molar-refractivity contribution in [1.29, 1.82) is 0 Å². The molecule has 0 saturated carbocycles. The Kier molecular flexibility index (Phi) is 14.8. The Balaban J connectivity index is 3.28. The molecule has 9 nitrogen and oxygen atoms in total. The van der Waals surface area contributed by atoms with Crippen LogP contribution in [0.2, 0.25) is 0 Å². The average molecular weight is 733 g/mol. The number of rotatable bonds is 16. The van der Waals surface area contributed by atoms with Gasteiger partial charge in [0, 0.05) is 21.5 Å². The highest BCUT2D eigenvalue weighted by Gasteiger charge is 2.42. The zero-order valence-electron chi connectivity index (χ0n) is 27.7. The van der Waals surface area contributed by atoms with E-state index in [0.29, 0.717) is 6.42 Å². The molecule has 4 atom stereocenters. The first-order valence-corrected chi connectivity index (χ1v) is 17.6. The van der Waals surface area contributed by atoms with Crippen molar-refractivity contribution in [3.8, 4) is 0 Å². The van der Waals surface area contributed by atoms with Crippen LogP contribution in [-0.4, -0.2) is 71.9 Å². The molecule has 0 heterocycles. The molecule has 43 heavy (non-hydrogen) atoms. The third-order valence-corrected chi connectivity index (χ3v) is 10.4. The number of unbranched alkanes of at least 4 members (excludes halogenated alkanes) is 1. The minimum atomic E-state index is -3.83. The summed E-state index contributed by atoms with van der Waals surface area (Å²) in [6.07, 6.45) is 3.69. The van der Waals surface area contributed by atoms with Crippen LogP contribution in [0.15, 0.2) is 42.0 Å². The van der Waals surface area contributed by atoms with Gasteiger partial charge in [-0.05, 0) is 52.6 Å². The first-order chi connectivity index (χ1) is 19.7. The lowest BCUT2D eigenvalue weighted by atomic mass is 9.77. The van der Waals surface area contributed by atoms with Crippen LogP contribution in [0.5, 0.6) is 0 Å². The summed E-state index contributed by atoms with van der Waals surface area (Å²) >= 11 is 2.17. The molecule has 0 saturated heterocycles. The first kappa shape index (κ1) is 39.0. The van der Waals surface area contributed by atoms with Crippen molar-refractivity contribution in [2.24, 2.45) is 5.92 Å². The summed E-state index contributed by atoms with van der Waals surface area (Å²) in [5.41, 5.74) is 0.606. The van der Waals surface area contributed by atoms with Gasteiger partial charge in [-0.15, -0.1) is 0 Å². The van der Waals surface area contributed by atoms with Gasteiger partial charge in [0.05, 0.1) is 17.3 Å². The highest BCUT2D eigenvalue weighted by atomic mass is 127. The molecule has 0 radical (unpaired) electrons. The van der Waals surface area contributed by atoms with Crippen LogP contribution in [0.25, 0.3) is 0 Å². The van der Waals surface area contributed by atoms with Gasteiger partial charge in [-0.3, -0.25) is 14.4 Å². The third-order valence-electron chi connectivity index (χ3n) is 8.00. The van der Waals surface area contributed by atoms with Crippen LogP contribution in [0.4, 0.5) is 0 Å². The number of nitrogens with zero attached hydrogens (tertiary/aromatic N) is 1. The number of carbonyl (C=O) groups excluding carboxylic acids is 3. The van der Waals surface area contributed by atoms with Crippen LogP contribution in [0.3, 0.4) is 0 Å². The number of likely N-dealkylation sites (N-methyl/N-ethyl adjacent to an activating group) is 2. The molecular weight excluding hydrogens is 679 g/mol. The molecule has 0 aromatic heterocycles. The standard InChI is InChI=1S/C32H53IN4O5S/c1-12-13-17-23(5)43(41,42)36-28(38)22(4)20-25(21(2)3)37(11)30(40)27(32(8,9)33)35-29(39)26(34-10)31(6,7)24-18-15-14-16-19-24/h14-16,18-21,23,25-27,34H,12-13,17H2,1-11H3,(H,35,39)(H,36,38)/b22-20+/t23?,25-,26-,27-/m1/s1. The van der Waals surface area contributed by atoms with Crippen LogP contribution < -0.4 is 15.4 Å². The number of sulfonamides is 1. The molecule has 1 rings (SSSR count). The minimum absolute atomic E-state index is 0.104. The zero-order chi connectivity index (χ0) is 33.3. The summed E-state index contributed by atoms with van der Waals surface area (Å²) in [5, 5.41) is 5.46. The molecule has 0 spiro atoms. The second-order valence-corrected chi connectivity index (χ2v) is 17.7. The highest BCUT2D eigenvalue weighted by molar-refractivity contribution is 14.1. The van der Waals surface area contributed by atoms with Crippen LogP contribution in [0, 0.1) is 5.92 Å². The molecule has 0 aliphatic carbocycles. The molecular formula is C32H53IN4O5S. The molecule has 0 bridgehead atoms. The van der Waals surface area contributed by atoms with Gasteiger partial charge in [0.1, 0.15) is 6.04 Å². The van der Waals surface area contributed by atoms with E-state index >= 15 is 0 Å². The smallest absolute Gasteiger partial charge is 0.260 e. The van der Waals surface area contributed by atoms with Crippen molar-refractivity contribution in [1.82, 2.24) is 20.3 Å². The van der Waals surface area contributed by atoms with E-state index in [-0.39, 0.29) is 23.3 Å². The number of alkyl halides is 1. The maximum Gasteiger partial charge on any atom is 0.260 e. The number of nitrogens with one attached hydrogen (secondary N) is 3. The van der Waals surface area contributed by atoms with Crippen LogP contribution in [-0.2, 0) is 29.8 Å². The monoisotopic (exact) mass is 732 g/mol. The van der Waals surface area contributed by atoms with Crippen molar-refractivity contribution in [3.05, 3.63) is 47.5 Å². The molecule has 3 amide bonds. The molecule has 0 aliphatic rings. The van der Waals surface area contributed by atoms with E-state index in [2.05, 4.69) is 37.9 Å². The summed E-state index contributed by atoms with van der Waals surface area (Å²) in [6.45, 7) is 16.7. The Morgan fingerprint density at radius 3 is 2.05 bits per heavy atom. The predicted molar refractivity (Wildman–Crippen MR) is 184 cm³/mol. The Bertz CT molecular complexity index is 1230. The average Bonchev–Trinajstić information content (AvgIpc) is 2.91. The number of hydrogen-bond acceptors (Lipinski definition) is 6. The predicted octanol–water partition coefficient (Wildman–Crippen LogP) is 4.70. The SMILES string of the molecule is CCCCC(C)S(=O)(=O)NC(=O)/C(C)=C/[C@H](C(C)C)N(C)C(=O)[C@@H](NC(=O)[C@@H](NC)C(C)(C)c1ccccc1)C(C)(C)I. The number of amides is 3. The normalized spacial score (nSPS) is 15.8. The second kappa shape index (κ2) is 16.4. The fourth-order valence-corrected chi connectivity index (χ4v) is 6.52. The fraction of sp³-hybridized carbons (Fsp3) is 0.656. The van der Waals surface area contributed by atoms with E-state index in [9.17, 15) is 22.8 Å².